The molecule has 1 heterocycles. The number of para-hydroxylation sites is 1. The number of carbonyl (C=O) groups is 2. The van der Waals surface area contributed by atoms with E-state index in [2.05, 4.69) is 4.98 Å². The van der Waals surface area contributed by atoms with Gasteiger partial charge in [-0.05, 0) is 19.1 Å². The van der Waals surface area contributed by atoms with Crippen molar-refractivity contribution in [3.8, 4) is 0 Å². The van der Waals surface area contributed by atoms with Gasteiger partial charge in [0.05, 0.1) is 18.5 Å². The van der Waals surface area contributed by atoms with Crippen molar-refractivity contribution in [3.63, 3.8) is 0 Å². The molecule has 0 spiro atoms. The van der Waals surface area contributed by atoms with Crippen molar-refractivity contribution < 1.29 is 14.7 Å². The summed E-state index contributed by atoms with van der Waals surface area (Å²) in [4.78, 5) is 28.9. The number of hydrogen-bond acceptors (Lipinski definition) is 4. The van der Waals surface area contributed by atoms with Gasteiger partial charge in [0.15, 0.2) is 0 Å². The van der Waals surface area contributed by atoms with E-state index >= 15 is 0 Å². The maximum atomic E-state index is 12.4. The van der Waals surface area contributed by atoms with Gasteiger partial charge >= 0.3 is 5.97 Å². The molecule has 0 aliphatic heterocycles. The number of carboxylic acids is 1. The molecule has 5 nitrogen and oxygen atoms in total. The summed E-state index contributed by atoms with van der Waals surface area (Å²) in [5, 5.41) is 11.1. The lowest BCUT2D eigenvalue weighted by molar-refractivity contribution is -0.136. The number of benzene rings is 1. The molecule has 1 N–H and O–H groups in total. The van der Waals surface area contributed by atoms with Gasteiger partial charge in [-0.2, -0.15) is 0 Å². The zero-order valence-electron chi connectivity index (χ0n) is 11.7. The fraction of sp³-hybridized carbons (Fsp3) is 0.267. The lowest BCUT2D eigenvalue weighted by Gasteiger charge is -2.20. The zero-order chi connectivity index (χ0) is 15.2. The van der Waals surface area contributed by atoms with Gasteiger partial charge in [-0.1, -0.05) is 18.2 Å². The maximum absolute atomic E-state index is 12.4. The number of carboxylic acid groups (broad SMARTS) is 1. The number of nitrogens with zero attached hydrogens (tertiary/aromatic N) is 2. The molecule has 1 aromatic carbocycles. The van der Waals surface area contributed by atoms with E-state index in [0.29, 0.717) is 17.2 Å². The summed E-state index contributed by atoms with van der Waals surface area (Å²) >= 11 is 1.32. The molecule has 0 fully saturated rings. The highest BCUT2D eigenvalue weighted by Gasteiger charge is 2.16. The van der Waals surface area contributed by atoms with E-state index in [9.17, 15) is 9.59 Å². The molecule has 0 radical (unpaired) electrons. The van der Waals surface area contributed by atoms with Crippen LogP contribution >= 0.6 is 11.3 Å². The first-order valence-corrected chi connectivity index (χ1v) is 7.48. The summed E-state index contributed by atoms with van der Waals surface area (Å²) in [5.74, 6) is -0.961. The molecule has 1 amide bonds. The SMILES string of the molecule is CCN(C(=O)Cc1nc(CC(=O)O)cs1)c1ccccc1. The number of aliphatic carboxylic acids is 1. The van der Waals surface area contributed by atoms with Crippen LogP contribution < -0.4 is 4.90 Å². The van der Waals surface area contributed by atoms with Crippen molar-refractivity contribution in [2.24, 2.45) is 0 Å². The highest BCUT2D eigenvalue weighted by molar-refractivity contribution is 7.09. The monoisotopic (exact) mass is 304 g/mol. The third kappa shape index (κ3) is 4.13. The first-order chi connectivity index (χ1) is 10.1. The fourth-order valence-corrected chi connectivity index (χ4v) is 2.79. The van der Waals surface area contributed by atoms with Gasteiger partial charge in [-0.25, -0.2) is 4.98 Å². The Morgan fingerprint density at radius 3 is 2.57 bits per heavy atom. The molecule has 2 aromatic rings. The molecule has 0 atom stereocenters. The van der Waals surface area contributed by atoms with E-state index in [1.807, 2.05) is 37.3 Å². The van der Waals surface area contributed by atoms with Crippen LogP contribution in [0.15, 0.2) is 35.7 Å². The van der Waals surface area contributed by atoms with Crippen molar-refractivity contribution in [2.45, 2.75) is 19.8 Å². The molecule has 1 aromatic heterocycles. The molecule has 2 rings (SSSR count). The lowest BCUT2D eigenvalue weighted by Crippen LogP contribution is -2.31. The second-order valence-electron chi connectivity index (χ2n) is 4.45. The third-order valence-electron chi connectivity index (χ3n) is 2.92. The van der Waals surface area contributed by atoms with Crippen LogP contribution in [-0.2, 0) is 22.4 Å². The molecule has 0 unspecified atom stereocenters. The van der Waals surface area contributed by atoms with Gasteiger partial charge in [0, 0.05) is 17.6 Å². The molecule has 0 saturated heterocycles. The van der Waals surface area contributed by atoms with Crippen molar-refractivity contribution in [1.29, 1.82) is 0 Å². The number of carbonyl (C=O) groups excluding carboxylic acids is 1. The number of anilines is 1. The van der Waals surface area contributed by atoms with E-state index < -0.39 is 5.97 Å². The fourth-order valence-electron chi connectivity index (χ4n) is 2.00. The summed E-state index contributed by atoms with van der Waals surface area (Å²) in [6, 6.07) is 9.46. The van der Waals surface area contributed by atoms with Gasteiger partial charge < -0.3 is 10.0 Å². The Morgan fingerprint density at radius 2 is 1.95 bits per heavy atom. The third-order valence-corrected chi connectivity index (χ3v) is 3.82. The Bertz CT molecular complexity index is 625. The summed E-state index contributed by atoms with van der Waals surface area (Å²) < 4.78 is 0. The smallest absolute Gasteiger partial charge is 0.309 e. The summed E-state index contributed by atoms with van der Waals surface area (Å²) in [5.41, 5.74) is 1.35. The minimum Gasteiger partial charge on any atom is -0.481 e. The molecule has 6 heteroatoms. The van der Waals surface area contributed by atoms with E-state index in [1.54, 1.807) is 10.3 Å². The predicted molar refractivity (Wildman–Crippen MR) is 81.6 cm³/mol. The highest BCUT2D eigenvalue weighted by Crippen LogP contribution is 2.17. The Kier molecular flexibility index (Phi) is 5.05. The topological polar surface area (TPSA) is 70.5 Å². The van der Waals surface area contributed by atoms with Gasteiger partial charge in [-0.15, -0.1) is 11.3 Å². The predicted octanol–water partition coefficient (Wildman–Crippen LogP) is 2.37. The highest BCUT2D eigenvalue weighted by atomic mass is 32.1. The largest absolute Gasteiger partial charge is 0.481 e. The van der Waals surface area contributed by atoms with Crippen LogP contribution in [0.1, 0.15) is 17.6 Å². The van der Waals surface area contributed by atoms with Gasteiger partial charge in [-0.3, -0.25) is 9.59 Å². The first-order valence-electron chi connectivity index (χ1n) is 6.60. The Morgan fingerprint density at radius 1 is 1.24 bits per heavy atom. The lowest BCUT2D eigenvalue weighted by atomic mass is 10.2. The van der Waals surface area contributed by atoms with Crippen molar-refractivity contribution in [2.75, 3.05) is 11.4 Å². The van der Waals surface area contributed by atoms with E-state index in [0.717, 1.165) is 5.69 Å². The summed E-state index contributed by atoms with van der Waals surface area (Å²) in [7, 11) is 0. The van der Waals surface area contributed by atoms with E-state index in [1.165, 1.54) is 11.3 Å². The molecule has 0 aliphatic rings. The molecular formula is C15H16N2O3S. The van der Waals surface area contributed by atoms with Crippen LogP contribution in [0.25, 0.3) is 0 Å². The molecule has 110 valence electrons. The average Bonchev–Trinajstić information content (AvgIpc) is 2.87. The first kappa shape index (κ1) is 15.2. The Hall–Kier alpha value is -2.21. The molecule has 21 heavy (non-hydrogen) atoms. The van der Waals surface area contributed by atoms with Crippen LogP contribution in [-0.4, -0.2) is 28.5 Å². The number of amides is 1. The van der Waals surface area contributed by atoms with Crippen LogP contribution in [0.5, 0.6) is 0 Å². The Labute approximate surface area is 126 Å². The average molecular weight is 304 g/mol. The van der Waals surface area contributed by atoms with Crippen molar-refractivity contribution in [3.05, 3.63) is 46.4 Å². The van der Waals surface area contributed by atoms with Crippen molar-refractivity contribution >= 4 is 28.9 Å². The van der Waals surface area contributed by atoms with Crippen LogP contribution in [0.4, 0.5) is 5.69 Å². The zero-order valence-corrected chi connectivity index (χ0v) is 12.5. The molecule has 0 saturated carbocycles. The number of thiazole rings is 1. The maximum Gasteiger partial charge on any atom is 0.309 e. The van der Waals surface area contributed by atoms with Crippen molar-refractivity contribution in [1.82, 2.24) is 4.98 Å². The number of likely N-dealkylation sites (N-methyl/N-ethyl adjacent to an activating group) is 1. The number of rotatable bonds is 6. The van der Waals surface area contributed by atoms with Crippen LogP contribution in [0.3, 0.4) is 0 Å². The van der Waals surface area contributed by atoms with Gasteiger partial charge in [0.25, 0.3) is 0 Å². The van der Waals surface area contributed by atoms with Crippen LogP contribution in [0, 0.1) is 0 Å². The second kappa shape index (κ2) is 6.99. The molecule has 0 bridgehead atoms. The van der Waals surface area contributed by atoms with Crippen LogP contribution in [0.2, 0.25) is 0 Å². The Balaban J connectivity index is 2.06. The standard InChI is InChI=1S/C15H16N2O3S/c1-2-17(12-6-4-3-5-7-12)14(18)9-13-16-11(10-21-13)8-15(19)20/h3-7,10H,2,8-9H2,1H3,(H,19,20). The van der Waals surface area contributed by atoms with Gasteiger partial charge in [0.1, 0.15) is 5.01 Å². The normalized spacial score (nSPS) is 10.3. The van der Waals surface area contributed by atoms with Gasteiger partial charge in [0.2, 0.25) is 5.91 Å². The quantitative estimate of drug-likeness (QED) is 0.889. The van der Waals surface area contributed by atoms with E-state index in [4.69, 9.17) is 5.11 Å². The number of aromatic nitrogens is 1. The minimum atomic E-state index is -0.919. The number of hydrogen-bond donors (Lipinski definition) is 1. The molecular weight excluding hydrogens is 288 g/mol. The minimum absolute atomic E-state index is 0.0417. The second-order valence-corrected chi connectivity index (χ2v) is 5.40. The molecule has 0 aliphatic carbocycles. The summed E-state index contributed by atoms with van der Waals surface area (Å²) in [6.45, 7) is 2.50. The van der Waals surface area contributed by atoms with E-state index in [-0.39, 0.29) is 18.7 Å². The summed E-state index contributed by atoms with van der Waals surface area (Å²) in [6.07, 6.45) is 0.0773.